The quantitative estimate of drug-likeness (QED) is 0.742. The van der Waals surface area contributed by atoms with Gasteiger partial charge >= 0.3 is 0 Å². The van der Waals surface area contributed by atoms with Gasteiger partial charge in [-0.05, 0) is 31.2 Å². The van der Waals surface area contributed by atoms with Gasteiger partial charge in [-0.2, -0.15) is 0 Å². The molecule has 0 fully saturated rings. The first-order valence-electron chi connectivity index (χ1n) is 4.42. The van der Waals surface area contributed by atoms with E-state index in [0.717, 1.165) is 12.1 Å². The average molecular weight is 175 g/mol. The van der Waals surface area contributed by atoms with Crippen LogP contribution in [0.2, 0.25) is 0 Å². The topological polar surface area (TPSA) is 43.8 Å². The van der Waals surface area contributed by atoms with Crippen LogP contribution in [-0.2, 0) is 13.5 Å². The SMILES string of the molecule is Cn1c(CCN)cc2cccnc21. The second-order valence-corrected chi connectivity index (χ2v) is 3.15. The summed E-state index contributed by atoms with van der Waals surface area (Å²) in [7, 11) is 2.03. The van der Waals surface area contributed by atoms with E-state index in [1.807, 2.05) is 19.3 Å². The number of pyridine rings is 1. The van der Waals surface area contributed by atoms with Gasteiger partial charge in [0.1, 0.15) is 5.65 Å². The van der Waals surface area contributed by atoms with Gasteiger partial charge in [-0.1, -0.05) is 0 Å². The van der Waals surface area contributed by atoms with Gasteiger partial charge in [0, 0.05) is 24.3 Å². The monoisotopic (exact) mass is 175 g/mol. The van der Waals surface area contributed by atoms with Crippen LogP contribution in [0.1, 0.15) is 5.69 Å². The number of hydrogen-bond acceptors (Lipinski definition) is 2. The number of nitrogens with zero attached hydrogens (tertiary/aromatic N) is 2. The molecule has 2 aromatic rings. The molecule has 0 saturated carbocycles. The predicted molar refractivity (Wildman–Crippen MR) is 53.5 cm³/mol. The van der Waals surface area contributed by atoms with Crippen molar-refractivity contribution < 1.29 is 0 Å². The summed E-state index contributed by atoms with van der Waals surface area (Å²) >= 11 is 0. The van der Waals surface area contributed by atoms with E-state index >= 15 is 0 Å². The van der Waals surface area contributed by atoms with E-state index in [9.17, 15) is 0 Å². The maximum absolute atomic E-state index is 5.52. The standard InChI is InChI=1S/C10H13N3/c1-13-9(4-5-11)7-8-3-2-6-12-10(8)13/h2-3,6-7H,4-5,11H2,1H3. The van der Waals surface area contributed by atoms with E-state index in [2.05, 4.69) is 21.7 Å². The average Bonchev–Trinajstić information content (AvgIpc) is 2.46. The molecule has 0 aliphatic heterocycles. The Morgan fingerprint density at radius 1 is 1.54 bits per heavy atom. The van der Waals surface area contributed by atoms with Gasteiger partial charge in [0.05, 0.1) is 0 Å². The van der Waals surface area contributed by atoms with Crippen LogP contribution in [0, 0.1) is 0 Å². The zero-order chi connectivity index (χ0) is 9.26. The van der Waals surface area contributed by atoms with E-state index in [1.165, 1.54) is 11.1 Å². The molecule has 2 heterocycles. The molecule has 0 aliphatic carbocycles. The molecule has 0 bridgehead atoms. The van der Waals surface area contributed by atoms with Crippen molar-refractivity contribution in [1.82, 2.24) is 9.55 Å². The van der Waals surface area contributed by atoms with Crippen molar-refractivity contribution in [2.75, 3.05) is 6.54 Å². The second-order valence-electron chi connectivity index (χ2n) is 3.15. The highest BCUT2D eigenvalue weighted by atomic mass is 15.0. The van der Waals surface area contributed by atoms with Crippen molar-refractivity contribution in [3.05, 3.63) is 30.1 Å². The molecular formula is C10H13N3. The summed E-state index contributed by atoms with van der Waals surface area (Å²) < 4.78 is 2.10. The van der Waals surface area contributed by atoms with Crippen LogP contribution in [0.4, 0.5) is 0 Å². The zero-order valence-corrected chi connectivity index (χ0v) is 7.70. The van der Waals surface area contributed by atoms with Crippen LogP contribution >= 0.6 is 0 Å². The Kier molecular flexibility index (Phi) is 2.02. The number of hydrogen-bond donors (Lipinski definition) is 1. The van der Waals surface area contributed by atoms with Crippen molar-refractivity contribution in [2.45, 2.75) is 6.42 Å². The van der Waals surface area contributed by atoms with E-state index < -0.39 is 0 Å². The fourth-order valence-corrected chi connectivity index (χ4v) is 1.60. The predicted octanol–water partition coefficient (Wildman–Crippen LogP) is 1.07. The Morgan fingerprint density at radius 2 is 2.38 bits per heavy atom. The van der Waals surface area contributed by atoms with Gasteiger partial charge < -0.3 is 10.3 Å². The summed E-state index contributed by atoms with van der Waals surface area (Å²) in [5.41, 5.74) is 7.80. The summed E-state index contributed by atoms with van der Waals surface area (Å²) in [4.78, 5) is 4.31. The van der Waals surface area contributed by atoms with Gasteiger partial charge in [0.15, 0.2) is 0 Å². The lowest BCUT2D eigenvalue weighted by Crippen LogP contribution is -2.06. The van der Waals surface area contributed by atoms with Crippen LogP contribution in [0.5, 0.6) is 0 Å². The number of nitrogens with two attached hydrogens (primary N) is 1. The summed E-state index contributed by atoms with van der Waals surface area (Å²) in [6.07, 6.45) is 2.72. The van der Waals surface area contributed by atoms with E-state index in [4.69, 9.17) is 5.73 Å². The third kappa shape index (κ3) is 1.31. The van der Waals surface area contributed by atoms with E-state index in [0.29, 0.717) is 6.54 Å². The van der Waals surface area contributed by atoms with Crippen LogP contribution in [0.15, 0.2) is 24.4 Å². The first kappa shape index (κ1) is 8.26. The third-order valence-corrected chi connectivity index (χ3v) is 2.29. The van der Waals surface area contributed by atoms with Crippen LogP contribution < -0.4 is 5.73 Å². The number of aryl methyl sites for hydroxylation is 1. The minimum Gasteiger partial charge on any atom is -0.333 e. The second kappa shape index (κ2) is 3.18. The van der Waals surface area contributed by atoms with Crippen molar-refractivity contribution in [1.29, 1.82) is 0 Å². The van der Waals surface area contributed by atoms with Gasteiger partial charge in [-0.15, -0.1) is 0 Å². The highest BCUT2D eigenvalue weighted by molar-refractivity contribution is 5.77. The maximum atomic E-state index is 5.52. The lowest BCUT2D eigenvalue weighted by Gasteiger charge is -2.00. The van der Waals surface area contributed by atoms with Crippen molar-refractivity contribution in [3.63, 3.8) is 0 Å². The molecule has 0 amide bonds. The van der Waals surface area contributed by atoms with Crippen molar-refractivity contribution in [3.8, 4) is 0 Å². The minimum atomic E-state index is 0.685. The Balaban J connectivity index is 2.60. The molecule has 3 nitrogen and oxygen atoms in total. The van der Waals surface area contributed by atoms with Crippen molar-refractivity contribution >= 4 is 11.0 Å². The largest absolute Gasteiger partial charge is 0.333 e. The fourth-order valence-electron chi connectivity index (χ4n) is 1.60. The van der Waals surface area contributed by atoms with Crippen molar-refractivity contribution in [2.24, 2.45) is 12.8 Å². The molecule has 0 radical (unpaired) electrons. The highest BCUT2D eigenvalue weighted by Crippen LogP contribution is 2.15. The van der Waals surface area contributed by atoms with Gasteiger partial charge in [0.2, 0.25) is 0 Å². The molecule has 3 heteroatoms. The fraction of sp³-hybridized carbons (Fsp3) is 0.300. The third-order valence-electron chi connectivity index (χ3n) is 2.29. The van der Waals surface area contributed by atoms with Crippen LogP contribution in [0.3, 0.4) is 0 Å². The molecule has 0 aromatic carbocycles. The molecule has 0 unspecified atom stereocenters. The Morgan fingerprint density at radius 3 is 3.08 bits per heavy atom. The lowest BCUT2D eigenvalue weighted by molar-refractivity contribution is 0.820. The smallest absolute Gasteiger partial charge is 0.139 e. The zero-order valence-electron chi connectivity index (χ0n) is 7.70. The molecule has 0 aliphatic rings. The molecule has 2 aromatic heterocycles. The molecule has 68 valence electrons. The molecule has 0 atom stereocenters. The summed E-state index contributed by atoms with van der Waals surface area (Å²) in [6.45, 7) is 0.685. The molecule has 0 saturated heterocycles. The molecule has 0 spiro atoms. The summed E-state index contributed by atoms with van der Waals surface area (Å²) in [5.74, 6) is 0. The Hall–Kier alpha value is -1.35. The molecule has 2 N–H and O–H groups in total. The van der Waals surface area contributed by atoms with Gasteiger partial charge in [0.25, 0.3) is 0 Å². The normalized spacial score (nSPS) is 10.9. The highest BCUT2D eigenvalue weighted by Gasteiger charge is 2.04. The van der Waals surface area contributed by atoms with E-state index in [1.54, 1.807) is 0 Å². The number of rotatable bonds is 2. The maximum Gasteiger partial charge on any atom is 0.139 e. The van der Waals surface area contributed by atoms with Crippen LogP contribution in [0.25, 0.3) is 11.0 Å². The first-order valence-corrected chi connectivity index (χ1v) is 4.42. The minimum absolute atomic E-state index is 0.685. The lowest BCUT2D eigenvalue weighted by atomic mass is 10.3. The first-order chi connectivity index (χ1) is 6.33. The Bertz CT molecular complexity index is 417. The Labute approximate surface area is 77.2 Å². The number of fused-ring (bicyclic) bond motifs is 1. The molecular weight excluding hydrogens is 162 g/mol. The molecule has 13 heavy (non-hydrogen) atoms. The summed E-state index contributed by atoms with van der Waals surface area (Å²) in [5, 5.41) is 1.19. The van der Waals surface area contributed by atoms with Gasteiger partial charge in [-0.25, -0.2) is 4.98 Å². The van der Waals surface area contributed by atoms with Gasteiger partial charge in [-0.3, -0.25) is 0 Å². The molecule has 2 rings (SSSR count). The van der Waals surface area contributed by atoms with E-state index in [-0.39, 0.29) is 0 Å². The number of aromatic nitrogens is 2. The van der Waals surface area contributed by atoms with Crippen LogP contribution in [-0.4, -0.2) is 16.1 Å². The summed E-state index contributed by atoms with van der Waals surface area (Å²) in [6, 6.07) is 6.17.